The molecule has 0 unspecified atom stereocenters. The highest BCUT2D eigenvalue weighted by molar-refractivity contribution is 7.92. The first kappa shape index (κ1) is 24.2. The maximum atomic E-state index is 12.8. The fourth-order valence-electron chi connectivity index (χ4n) is 2.92. The Morgan fingerprint density at radius 3 is 2.30 bits per heavy atom. The lowest BCUT2D eigenvalue weighted by molar-refractivity contribution is 0.0938. The first-order valence-corrected chi connectivity index (χ1v) is 11.7. The normalized spacial score (nSPS) is 11.0. The average molecular weight is 488 g/mol. The van der Waals surface area contributed by atoms with Gasteiger partial charge >= 0.3 is 0 Å². The summed E-state index contributed by atoms with van der Waals surface area (Å²) in [7, 11) is -2.27. The Morgan fingerprint density at radius 2 is 1.61 bits per heavy atom. The molecule has 0 aliphatic carbocycles. The average Bonchev–Trinajstić information content (AvgIpc) is 2.80. The van der Waals surface area contributed by atoms with Crippen molar-refractivity contribution in [1.29, 1.82) is 0 Å². The van der Waals surface area contributed by atoms with Crippen molar-refractivity contribution < 1.29 is 22.7 Å². The van der Waals surface area contributed by atoms with Gasteiger partial charge in [0.25, 0.3) is 21.8 Å². The standard InChI is InChI=1S/C23H22ClN3O5S/c1-32-14-13-25-22(28)19-9-5-6-10-21(19)26-23(29)18-12-11-16(15-20(18)24)27-33(30,31)17-7-3-2-4-8-17/h2-12,15,27H,13-14H2,1H3,(H,25,28)(H,26,29). The second-order valence-corrected chi connectivity index (χ2v) is 8.95. The molecule has 0 spiro atoms. The molecule has 3 aromatic rings. The first-order valence-electron chi connectivity index (χ1n) is 9.87. The van der Waals surface area contributed by atoms with E-state index in [0.29, 0.717) is 18.8 Å². The third kappa shape index (κ3) is 6.32. The second kappa shape index (κ2) is 11.0. The Morgan fingerprint density at radius 1 is 0.909 bits per heavy atom. The van der Waals surface area contributed by atoms with E-state index in [2.05, 4.69) is 15.4 Å². The number of sulfonamides is 1. The number of nitrogens with one attached hydrogen (secondary N) is 3. The van der Waals surface area contributed by atoms with Crippen molar-refractivity contribution >= 4 is 44.8 Å². The van der Waals surface area contributed by atoms with E-state index in [4.69, 9.17) is 16.3 Å². The second-order valence-electron chi connectivity index (χ2n) is 6.86. The zero-order valence-electron chi connectivity index (χ0n) is 17.7. The molecule has 3 aromatic carbocycles. The molecule has 0 aliphatic rings. The van der Waals surface area contributed by atoms with Gasteiger partial charge in [-0.1, -0.05) is 41.9 Å². The van der Waals surface area contributed by atoms with Gasteiger partial charge in [0.1, 0.15) is 0 Å². The monoisotopic (exact) mass is 487 g/mol. The Hall–Kier alpha value is -3.40. The van der Waals surface area contributed by atoms with Crippen molar-refractivity contribution in [2.75, 3.05) is 30.3 Å². The summed E-state index contributed by atoms with van der Waals surface area (Å²) in [6.07, 6.45) is 0. The van der Waals surface area contributed by atoms with E-state index in [1.165, 1.54) is 37.4 Å². The van der Waals surface area contributed by atoms with E-state index in [0.717, 1.165) is 0 Å². The molecule has 0 saturated heterocycles. The van der Waals surface area contributed by atoms with Gasteiger partial charge in [-0.05, 0) is 42.5 Å². The van der Waals surface area contributed by atoms with Crippen LogP contribution in [0.3, 0.4) is 0 Å². The Balaban J connectivity index is 1.75. The van der Waals surface area contributed by atoms with Gasteiger partial charge in [0, 0.05) is 13.7 Å². The van der Waals surface area contributed by atoms with Crippen LogP contribution in [-0.2, 0) is 14.8 Å². The fraction of sp³-hybridized carbons (Fsp3) is 0.130. The lowest BCUT2D eigenvalue weighted by Crippen LogP contribution is -2.28. The summed E-state index contributed by atoms with van der Waals surface area (Å²) in [5.41, 5.74) is 0.917. The number of halogens is 1. The van der Waals surface area contributed by atoms with Gasteiger partial charge in [0.2, 0.25) is 0 Å². The van der Waals surface area contributed by atoms with Crippen LogP contribution >= 0.6 is 11.6 Å². The van der Waals surface area contributed by atoms with Gasteiger partial charge in [-0.25, -0.2) is 8.42 Å². The van der Waals surface area contributed by atoms with Crippen LogP contribution in [0.2, 0.25) is 5.02 Å². The van der Waals surface area contributed by atoms with E-state index >= 15 is 0 Å². The molecule has 33 heavy (non-hydrogen) atoms. The number of benzene rings is 3. The molecule has 0 atom stereocenters. The van der Waals surface area contributed by atoms with Gasteiger partial charge < -0.3 is 15.4 Å². The number of carbonyl (C=O) groups excluding carboxylic acids is 2. The summed E-state index contributed by atoms with van der Waals surface area (Å²) < 4.78 is 32.3. The molecule has 8 nitrogen and oxygen atoms in total. The Labute approximate surface area is 197 Å². The number of hydrogen-bond acceptors (Lipinski definition) is 5. The molecule has 0 saturated carbocycles. The van der Waals surface area contributed by atoms with Gasteiger partial charge in [-0.3, -0.25) is 14.3 Å². The van der Waals surface area contributed by atoms with Crippen LogP contribution in [0.15, 0.2) is 77.7 Å². The molecule has 0 aliphatic heterocycles. The smallest absolute Gasteiger partial charge is 0.261 e. The van der Waals surface area contributed by atoms with Crippen LogP contribution in [0.25, 0.3) is 0 Å². The van der Waals surface area contributed by atoms with Crippen molar-refractivity contribution in [3.63, 3.8) is 0 Å². The summed E-state index contributed by atoms with van der Waals surface area (Å²) in [5.74, 6) is -0.908. The quantitative estimate of drug-likeness (QED) is 0.397. The molecule has 2 amide bonds. The topological polar surface area (TPSA) is 114 Å². The third-order valence-electron chi connectivity index (χ3n) is 4.53. The van der Waals surface area contributed by atoms with Crippen molar-refractivity contribution in [3.05, 3.63) is 88.9 Å². The number of para-hydroxylation sites is 1. The number of hydrogen-bond donors (Lipinski definition) is 3. The molecule has 0 bridgehead atoms. The summed E-state index contributed by atoms with van der Waals surface area (Å²) in [5, 5.41) is 5.42. The number of ether oxygens (including phenoxy) is 1. The highest BCUT2D eigenvalue weighted by atomic mass is 35.5. The van der Waals surface area contributed by atoms with Crippen molar-refractivity contribution in [1.82, 2.24) is 5.32 Å². The van der Waals surface area contributed by atoms with Crippen LogP contribution < -0.4 is 15.4 Å². The minimum absolute atomic E-state index is 0.0442. The van der Waals surface area contributed by atoms with E-state index in [1.807, 2.05) is 0 Å². The van der Waals surface area contributed by atoms with Crippen LogP contribution in [0.4, 0.5) is 11.4 Å². The summed E-state index contributed by atoms with van der Waals surface area (Å²) in [6.45, 7) is 0.681. The van der Waals surface area contributed by atoms with Crippen molar-refractivity contribution in [3.8, 4) is 0 Å². The number of methoxy groups -OCH3 is 1. The molecule has 10 heteroatoms. The molecule has 172 valence electrons. The van der Waals surface area contributed by atoms with E-state index < -0.39 is 15.9 Å². The van der Waals surface area contributed by atoms with E-state index in [-0.39, 0.29) is 32.6 Å². The van der Waals surface area contributed by atoms with Crippen LogP contribution in [0, 0.1) is 0 Å². The maximum absolute atomic E-state index is 12.8. The molecular weight excluding hydrogens is 466 g/mol. The predicted molar refractivity (Wildman–Crippen MR) is 127 cm³/mol. The van der Waals surface area contributed by atoms with Crippen molar-refractivity contribution in [2.45, 2.75) is 4.90 Å². The van der Waals surface area contributed by atoms with Crippen LogP contribution in [0.5, 0.6) is 0 Å². The molecule has 3 N–H and O–H groups in total. The van der Waals surface area contributed by atoms with Crippen LogP contribution in [-0.4, -0.2) is 40.5 Å². The largest absolute Gasteiger partial charge is 0.383 e. The zero-order valence-corrected chi connectivity index (χ0v) is 19.2. The van der Waals surface area contributed by atoms with Gasteiger partial charge in [-0.15, -0.1) is 0 Å². The SMILES string of the molecule is COCCNC(=O)c1ccccc1NC(=O)c1ccc(NS(=O)(=O)c2ccccc2)cc1Cl. The summed E-state index contributed by atoms with van der Waals surface area (Å²) in [4.78, 5) is 25.3. The number of amides is 2. The number of rotatable bonds is 9. The maximum Gasteiger partial charge on any atom is 0.261 e. The number of anilines is 2. The minimum atomic E-state index is -3.80. The lowest BCUT2D eigenvalue weighted by atomic mass is 10.1. The van der Waals surface area contributed by atoms with Crippen LogP contribution in [0.1, 0.15) is 20.7 Å². The summed E-state index contributed by atoms with van der Waals surface area (Å²) >= 11 is 6.26. The fourth-order valence-corrected chi connectivity index (χ4v) is 4.26. The van der Waals surface area contributed by atoms with E-state index in [9.17, 15) is 18.0 Å². The van der Waals surface area contributed by atoms with E-state index in [1.54, 1.807) is 42.5 Å². The Bertz CT molecular complexity index is 1250. The van der Waals surface area contributed by atoms with Gasteiger partial charge in [0.05, 0.1) is 39.0 Å². The molecular formula is C23H22ClN3O5S. The molecule has 0 fully saturated rings. The molecule has 0 aromatic heterocycles. The molecule has 3 rings (SSSR count). The minimum Gasteiger partial charge on any atom is -0.383 e. The molecule has 0 heterocycles. The highest BCUT2D eigenvalue weighted by Crippen LogP contribution is 2.25. The van der Waals surface area contributed by atoms with Crippen molar-refractivity contribution in [2.24, 2.45) is 0 Å². The van der Waals surface area contributed by atoms with Gasteiger partial charge in [0.15, 0.2) is 0 Å². The third-order valence-corrected chi connectivity index (χ3v) is 6.24. The highest BCUT2D eigenvalue weighted by Gasteiger charge is 2.18. The first-order chi connectivity index (χ1) is 15.8. The zero-order chi connectivity index (χ0) is 23.8. The van der Waals surface area contributed by atoms with Gasteiger partial charge in [-0.2, -0.15) is 0 Å². The predicted octanol–water partition coefficient (Wildman–Crippen LogP) is 3.77. The molecule has 0 radical (unpaired) electrons. The Kier molecular flexibility index (Phi) is 8.05. The lowest BCUT2D eigenvalue weighted by Gasteiger charge is -2.13. The summed E-state index contributed by atoms with van der Waals surface area (Å²) in [6, 6.07) is 18.6. The number of carbonyl (C=O) groups is 2.